The molecule has 0 aliphatic carbocycles. The Labute approximate surface area is 167 Å². The first kappa shape index (κ1) is 20.4. The molecular formula is C20H32N2O6. The van der Waals surface area contributed by atoms with Crippen molar-refractivity contribution in [1.82, 2.24) is 10.6 Å². The highest BCUT2D eigenvalue weighted by Crippen LogP contribution is 2.27. The minimum absolute atomic E-state index is 0. The van der Waals surface area contributed by atoms with Crippen molar-refractivity contribution in [3.8, 4) is 0 Å². The number of alkyl carbamates (subject to hydrolysis) is 2. The molecule has 2 amide bonds. The van der Waals surface area contributed by atoms with Gasteiger partial charge in [0.2, 0.25) is 0 Å². The van der Waals surface area contributed by atoms with E-state index in [0.29, 0.717) is 13.2 Å². The maximum Gasteiger partial charge on any atom is 0.407 e. The van der Waals surface area contributed by atoms with E-state index < -0.39 is 23.3 Å². The fraction of sp³-hybridized carbons (Fsp3) is 0.600. The third kappa shape index (κ3) is 5.84. The third-order valence-corrected chi connectivity index (χ3v) is 4.74. The molecule has 0 radical (unpaired) electrons. The number of rotatable bonds is 8. The van der Waals surface area contributed by atoms with E-state index in [1.54, 1.807) is 0 Å². The molecule has 28 heavy (non-hydrogen) atoms. The quantitative estimate of drug-likeness (QED) is 0.655. The first-order chi connectivity index (χ1) is 13.2. The monoisotopic (exact) mass is 396 g/mol. The maximum atomic E-state index is 12.1. The van der Waals surface area contributed by atoms with Gasteiger partial charge in [-0.2, -0.15) is 0 Å². The normalized spacial score (nSPS) is 20.9. The summed E-state index contributed by atoms with van der Waals surface area (Å²) in [6.07, 6.45) is -0.936. The van der Waals surface area contributed by atoms with Gasteiger partial charge in [0.1, 0.15) is 25.4 Å². The van der Waals surface area contributed by atoms with E-state index in [1.807, 2.05) is 52.0 Å². The number of carbonyl (C=O) groups excluding carboxylic acids is 2. The number of carbonyl (C=O) groups is 2. The van der Waals surface area contributed by atoms with Gasteiger partial charge in [0, 0.05) is 2.85 Å². The van der Waals surface area contributed by atoms with E-state index in [2.05, 4.69) is 10.6 Å². The van der Waals surface area contributed by atoms with Gasteiger partial charge in [0.25, 0.3) is 0 Å². The van der Waals surface area contributed by atoms with Crippen molar-refractivity contribution in [2.45, 2.75) is 51.0 Å². The van der Waals surface area contributed by atoms with Gasteiger partial charge in [-0.25, -0.2) is 9.59 Å². The van der Waals surface area contributed by atoms with Gasteiger partial charge in [-0.05, 0) is 38.8 Å². The van der Waals surface area contributed by atoms with Crippen molar-refractivity contribution in [3.63, 3.8) is 0 Å². The lowest BCUT2D eigenvalue weighted by Gasteiger charge is -2.30. The summed E-state index contributed by atoms with van der Waals surface area (Å²) in [7, 11) is 0. The maximum absolute atomic E-state index is 12.1. The first-order valence-electron chi connectivity index (χ1n) is 9.40. The molecule has 3 rings (SSSR count). The minimum atomic E-state index is -0.655. The Hall–Kier alpha value is -2.32. The van der Waals surface area contributed by atoms with E-state index in [1.165, 1.54) is 0 Å². The van der Waals surface area contributed by atoms with E-state index in [0.717, 1.165) is 11.1 Å². The smallest absolute Gasteiger partial charge is 0.407 e. The highest BCUT2D eigenvalue weighted by atomic mass is 16.6. The van der Waals surface area contributed by atoms with Crippen LogP contribution in [0.15, 0.2) is 24.3 Å². The lowest BCUT2D eigenvalue weighted by Crippen LogP contribution is -2.43. The van der Waals surface area contributed by atoms with E-state index in [4.69, 9.17) is 18.9 Å². The second-order valence-corrected chi connectivity index (χ2v) is 8.19. The molecule has 8 heteroatoms. The highest BCUT2D eigenvalue weighted by Gasteiger charge is 2.30. The van der Waals surface area contributed by atoms with Gasteiger partial charge in [-0.15, -0.1) is 0 Å². The standard InChI is InChI=1S/C20H28N2O6.2H2/c1-19(2,21-17(23)27-11-15-9-25-15)13-6-5-7-14(8-13)20(3,4)22-18(24)28-12-16-10-26-16;;/h5-8,15-16H,9-12H2,1-4H3,(H,21,23)(H,22,24);2*1H. The molecule has 0 bridgehead atoms. The molecule has 2 fully saturated rings. The van der Waals surface area contributed by atoms with E-state index in [9.17, 15) is 9.59 Å². The second kappa shape index (κ2) is 7.97. The summed E-state index contributed by atoms with van der Waals surface area (Å²) in [4.78, 5) is 24.1. The molecule has 2 saturated heterocycles. The van der Waals surface area contributed by atoms with Crippen molar-refractivity contribution >= 4 is 12.2 Å². The molecule has 1 aromatic rings. The van der Waals surface area contributed by atoms with Crippen LogP contribution in [-0.4, -0.2) is 50.8 Å². The zero-order valence-corrected chi connectivity index (χ0v) is 16.7. The van der Waals surface area contributed by atoms with Crippen LogP contribution in [0.1, 0.15) is 41.7 Å². The summed E-state index contributed by atoms with van der Waals surface area (Å²) in [5.41, 5.74) is 0.466. The predicted molar refractivity (Wildman–Crippen MR) is 105 cm³/mol. The molecule has 8 nitrogen and oxygen atoms in total. The molecule has 2 aliphatic rings. The largest absolute Gasteiger partial charge is 0.447 e. The van der Waals surface area contributed by atoms with Gasteiger partial charge in [-0.3, -0.25) is 0 Å². The average molecular weight is 396 g/mol. The predicted octanol–water partition coefficient (Wildman–Crippen LogP) is 2.90. The van der Waals surface area contributed by atoms with Crippen LogP contribution < -0.4 is 10.6 Å². The lowest BCUT2D eigenvalue weighted by molar-refractivity contribution is 0.126. The molecular weight excluding hydrogens is 364 g/mol. The van der Waals surface area contributed by atoms with Crippen LogP contribution in [0.3, 0.4) is 0 Å². The number of amides is 2. The van der Waals surface area contributed by atoms with E-state index in [-0.39, 0.29) is 28.3 Å². The number of hydrogen-bond acceptors (Lipinski definition) is 6. The molecule has 0 spiro atoms. The van der Waals surface area contributed by atoms with Crippen LogP contribution in [-0.2, 0) is 30.0 Å². The Bertz CT molecular complexity index is 679. The van der Waals surface area contributed by atoms with Crippen LogP contribution >= 0.6 is 0 Å². The Morgan fingerprint density at radius 1 is 0.964 bits per heavy atom. The Morgan fingerprint density at radius 3 is 1.71 bits per heavy atom. The SMILES string of the molecule is CC(C)(NC(=O)OCC1CO1)c1cccc(C(C)(C)NC(=O)OCC2CO2)c1.[HH].[HH]. The Kier molecular flexibility index (Phi) is 5.81. The molecule has 2 heterocycles. The summed E-state index contributed by atoms with van der Waals surface area (Å²) in [6.45, 7) is 9.36. The molecule has 2 N–H and O–H groups in total. The molecule has 2 unspecified atom stereocenters. The van der Waals surface area contributed by atoms with Crippen LogP contribution in [0.2, 0.25) is 0 Å². The number of nitrogens with one attached hydrogen (secondary N) is 2. The number of hydrogen-bond donors (Lipinski definition) is 2. The second-order valence-electron chi connectivity index (χ2n) is 8.19. The number of epoxide rings is 2. The molecule has 2 aliphatic heterocycles. The fourth-order valence-corrected chi connectivity index (χ4v) is 2.69. The van der Waals surface area contributed by atoms with Crippen LogP contribution in [0.4, 0.5) is 9.59 Å². The Balaban J connectivity index is 0.00000225. The van der Waals surface area contributed by atoms with Crippen molar-refractivity contribution < 1.29 is 31.4 Å². The molecule has 158 valence electrons. The van der Waals surface area contributed by atoms with Gasteiger partial charge in [-0.1, -0.05) is 24.3 Å². The number of benzene rings is 1. The van der Waals surface area contributed by atoms with E-state index >= 15 is 0 Å². The highest BCUT2D eigenvalue weighted by molar-refractivity contribution is 5.69. The summed E-state index contributed by atoms with van der Waals surface area (Å²) >= 11 is 0. The third-order valence-electron chi connectivity index (χ3n) is 4.74. The zero-order valence-electron chi connectivity index (χ0n) is 16.7. The van der Waals surface area contributed by atoms with Gasteiger partial charge >= 0.3 is 12.2 Å². The summed E-state index contributed by atoms with van der Waals surface area (Å²) < 4.78 is 20.4. The molecule has 1 aromatic carbocycles. The first-order valence-corrected chi connectivity index (χ1v) is 9.40. The summed E-state index contributed by atoms with van der Waals surface area (Å²) in [6, 6.07) is 7.69. The van der Waals surface area contributed by atoms with Crippen molar-refractivity contribution in [1.29, 1.82) is 0 Å². The summed E-state index contributed by atoms with van der Waals surface area (Å²) in [5, 5.41) is 5.74. The Morgan fingerprint density at radius 2 is 1.36 bits per heavy atom. The van der Waals surface area contributed by atoms with Crippen molar-refractivity contribution in [3.05, 3.63) is 35.4 Å². The zero-order chi connectivity index (χ0) is 20.4. The number of ether oxygens (including phenoxy) is 4. The van der Waals surface area contributed by atoms with Gasteiger partial charge in [0.05, 0.1) is 24.3 Å². The van der Waals surface area contributed by atoms with Gasteiger partial charge < -0.3 is 29.6 Å². The topological polar surface area (TPSA) is 102 Å². The molecule has 2 atom stereocenters. The molecule has 0 saturated carbocycles. The van der Waals surface area contributed by atoms with Crippen LogP contribution in [0, 0.1) is 0 Å². The van der Waals surface area contributed by atoms with Crippen molar-refractivity contribution in [2.75, 3.05) is 26.4 Å². The van der Waals surface area contributed by atoms with Gasteiger partial charge in [0.15, 0.2) is 0 Å². The van der Waals surface area contributed by atoms with Crippen LogP contribution in [0.25, 0.3) is 0 Å². The fourth-order valence-electron chi connectivity index (χ4n) is 2.69. The van der Waals surface area contributed by atoms with Crippen molar-refractivity contribution in [2.24, 2.45) is 0 Å². The average Bonchev–Trinajstić information content (AvgIpc) is 3.53. The summed E-state index contributed by atoms with van der Waals surface area (Å²) in [5.74, 6) is 0. The minimum Gasteiger partial charge on any atom is -0.447 e. The molecule has 0 aromatic heterocycles. The van der Waals surface area contributed by atoms with Crippen LogP contribution in [0.5, 0.6) is 0 Å². The lowest BCUT2D eigenvalue weighted by atomic mass is 9.87.